The molecule has 0 heterocycles. The number of methoxy groups -OCH3 is 1. The van der Waals surface area contributed by atoms with E-state index in [9.17, 15) is 31.2 Å². The first-order valence-electron chi connectivity index (χ1n) is 13.0. The molecule has 0 fully saturated rings. The summed E-state index contributed by atoms with van der Waals surface area (Å²) >= 11 is 5.80. The van der Waals surface area contributed by atoms with Crippen molar-refractivity contribution in [1.82, 2.24) is 10.2 Å². The highest BCUT2D eigenvalue weighted by atomic mass is 35.5. The second kappa shape index (κ2) is 13.9. The molecule has 0 saturated heterocycles. The van der Waals surface area contributed by atoms with E-state index in [1.807, 2.05) is 0 Å². The number of rotatable bonds is 12. The molecule has 8 nitrogen and oxygen atoms in total. The van der Waals surface area contributed by atoms with Gasteiger partial charge in [-0.05, 0) is 61.4 Å². The van der Waals surface area contributed by atoms with Crippen LogP contribution in [-0.2, 0) is 32.3 Å². The number of benzene rings is 3. The molecule has 0 unspecified atom stereocenters. The van der Waals surface area contributed by atoms with Gasteiger partial charge in [-0.3, -0.25) is 13.9 Å². The number of halogens is 4. The van der Waals surface area contributed by atoms with Crippen LogP contribution < -0.4 is 14.4 Å². The molecule has 2 amide bonds. The number of hydrogen-bond donors (Lipinski definition) is 1. The Balaban J connectivity index is 2.14. The van der Waals surface area contributed by atoms with Crippen LogP contribution in [0.15, 0.2) is 77.7 Å². The fourth-order valence-electron chi connectivity index (χ4n) is 4.31. The first-order chi connectivity index (χ1) is 19.8. The Morgan fingerprint density at radius 1 is 1.00 bits per heavy atom. The summed E-state index contributed by atoms with van der Waals surface area (Å²) in [6.07, 6.45) is -4.70. The molecule has 226 valence electrons. The van der Waals surface area contributed by atoms with Crippen LogP contribution in [0, 0.1) is 0 Å². The van der Waals surface area contributed by atoms with E-state index in [0.29, 0.717) is 21.7 Å². The average molecular weight is 626 g/mol. The van der Waals surface area contributed by atoms with E-state index < -0.39 is 56.9 Å². The van der Waals surface area contributed by atoms with E-state index >= 15 is 0 Å². The normalized spacial score (nSPS) is 12.4. The maximum Gasteiger partial charge on any atom is 0.417 e. The van der Waals surface area contributed by atoms with Gasteiger partial charge in [0.1, 0.15) is 18.3 Å². The summed E-state index contributed by atoms with van der Waals surface area (Å²) in [5, 5.41) is 2.05. The van der Waals surface area contributed by atoms with Gasteiger partial charge in [-0.25, -0.2) is 8.42 Å². The Bertz CT molecular complexity index is 1500. The van der Waals surface area contributed by atoms with Crippen LogP contribution in [0.2, 0.25) is 5.02 Å². The van der Waals surface area contributed by atoms with Gasteiger partial charge in [-0.2, -0.15) is 13.2 Å². The molecule has 1 atom stereocenters. The lowest BCUT2D eigenvalue weighted by molar-refractivity contribution is -0.140. The number of ether oxygens (including phenoxy) is 1. The SMILES string of the molecule is CCNC(=O)[C@@H](CC)N(Cc1cccc(OC)c1)C(=O)CN(c1ccc(Cl)c(C(F)(F)F)c1)S(=O)(=O)c1ccccc1. The first kappa shape index (κ1) is 32.7. The number of nitrogens with one attached hydrogen (secondary N) is 1. The van der Waals surface area contributed by atoms with Gasteiger partial charge in [0.15, 0.2) is 0 Å². The van der Waals surface area contributed by atoms with Gasteiger partial charge in [-0.15, -0.1) is 0 Å². The van der Waals surface area contributed by atoms with Crippen LogP contribution in [0.25, 0.3) is 0 Å². The highest BCUT2D eigenvalue weighted by Crippen LogP contribution is 2.38. The smallest absolute Gasteiger partial charge is 0.417 e. The summed E-state index contributed by atoms with van der Waals surface area (Å²) in [6, 6.07) is 15.4. The number of amides is 2. The number of carbonyl (C=O) groups excluding carboxylic acids is 2. The van der Waals surface area contributed by atoms with Gasteiger partial charge < -0.3 is 15.0 Å². The van der Waals surface area contributed by atoms with Gasteiger partial charge >= 0.3 is 6.18 Å². The third-order valence-corrected chi connectivity index (χ3v) is 8.50. The molecule has 42 heavy (non-hydrogen) atoms. The van der Waals surface area contributed by atoms with Gasteiger partial charge in [0.2, 0.25) is 11.8 Å². The van der Waals surface area contributed by atoms with Crippen molar-refractivity contribution in [2.24, 2.45) is 0 Å². The lowest BCUT2D eigenvalue weighted by Crippen LogP contribution is -2.52. The quantitative estimate of drug-likeness (QED) is 0.287. The molecule has 0 aliphatic carbocycles. The van der Waals surface area contributed by atoms with Crippen LogP contribution in [0.4, 0.5) is 18.9 Å². The van der Waals surface area contributed by atoms with Crippen molar-refractivity contribution in [1.29, 1.82) is 0 Å². The maximum atomic E-state index is 14.0. The summed E-state index contributed by atoms with van der Waals surface area (Å²) in [7, 11) is -3.08. The van der Waals surface area contributed by atoms with Crippen LogP contribution >= 0.6 is 11.6 Å². The van der Waals surface area contributed by atoms with Gasteiger partial charge in [-0.1, -0.05) is 48.9 Å². The van der Waals surface area contributed by atoms with Crippen LogP contribution in [-0.4, -0.2) is 51.4 Å². The first-order valence-corrected chi connectivity index (χ1v) is 14.8. The monoisotopic (exact) mass is 625 g/mol. The Hall–Kier alpha value is -3.77. The molecule has 3 aromatic carbocycles. The van der Waals surface area contributed by atoms with E-state index in [-0.39, 0.29) is 24.4 Å². The second-order valence-electron chi connectivity index (χ2n) is 9.18. The summed E-state index contributed by atoms with van der Waals surface area (Å²) in [5.41, 5.74) is -1.09. The lowest BCUT2D eigenvalue weighted by Gasteiger charge is -2.33. The van der Waals surface area contributed by atoms with E-state index in [4.69, 9.17) is 16.3 Å². The third kappa shape index (κ3) is 7.74. The maximum absolute atomic E-state index is 14.0. The third-order valence-electron chi connectivity index (χ3n) is 6.38. The van der Waals surface area contributed by atoms with Crippen molar-refractivity contribution >= 4 is 39.1 Å². The molecular formula is C29H31ClF3N3O5S. The summed E-state index contributed by atoms with van der Waals surface area (Å²) in [4.78, 5) is 28.0. The molecule has 3 rings (SSSR count). The number of anilines is 1. The van der Waals surface area contributed by atoms with E-state index in [2.05, 4.69) is 5.32 Å². The zero-order valence-electron chi connectivity index (χ0n) is 23.2. The van der Waals surface area contributed by atoms with Crippen LogP contribution in [0.1, 0.15) is 31.4 Å². The molecule has 0 bridgehead atoms. The Labute approximate surface area is 248 Å². The van der Waals surface area contributed by atoms with Crippen LogP contribution in [0.3, 0.4) is 0 Å². The topological polar surface area (TPSA) is 96.0 Å². The van der Waals surface area contributed by atoms with Crippen molar-refractivity contribution in [2.45, 2.75) is 43.9 Å². The van der Waals surface area contributed by atoms with Crippen LogP contribution in [0.5, 0.6) is 5.75 Å². The minimum atomic E-state index is -4.89. The summed E-state index contributed by atoms with van der Waals surface area (Å²) in [6.45, 7) is 2.70. The van der Waals surface area contributed by atoms with Crippen molar-refractivity contribution in [2.75, 3.05) is 24.5 Å². The molecule has 0 aromatic heterocycles. The lowest BCUT2D eigenvalue weighted by atomic mass is 10.1. The molecule has 0 spiro atoms. The highest BCUT2D eigenvalue weighted by Gasteiger charge is 2.37. The zero-order chi connectivity index (χ0) is 31.1. The number of hydrogen-bond acceptors (Lipinski definition) is 5. The molecule has 0 aliphatic heterocycles. The largest absolute Gasteiger partial charge is 0.497 e. The number of sulfonamides is 1. The minimum absolute atomic E-state index is 0.0979. The second-order valence-corrected chi connectivity index (χ2v) is 11.4. The average Bonchev–Trinajstić information content (AvgIpc) is 2.96. The standard InChI is InChI=1S/C29H31ClF3N3O5S/c1-4-26(28(38)34-5-2)35(18-20-10-9-11-22(16-20)41-3)27(37)19-36(42(39,40)23-12-7-6-8-13-23)21-14-15-25(30)24(17-21)29(31,32)33/h6-17,26H,4-5,18-19H2,1-3H3,(H,34,38)/t26-/m1/s1. The summed E-state index contributed by atoms with van der Waals surface area (Å²) < 4.78 is 74.7. The predicted molar refractivity (Wildman–Crippen MR) is 154 cm³/mol. The number of alkyl halides is 3. The van der Waals surface area contributed by atoms with Crippen molar-refractivity contribution in [3.63, 3.8) is 0 Å². The van der Waals surface area contributed by atoms with E-state index in [1.165, 1.54) is 36.3 Å². The number of carbonyl (C=O) groups is 2. The summed E-state index contributed by atoms with van der Waals surface area (Å²) in [5.74, 6) is -0.765. The van der Waals surface area contributed by atoms with Crippen molar-refractivity contribution in [3.05, 3.63) is 88.9 Å². The molecular weight excluding hydrogens is 595 g/mol. The highest BCUT2D eigenvalue weighted by molar-refractivity contribution is 7.92. The van der Waals surface area contributed by atoms with Crippen molar-refractivity contribution < 1.29 is 35.9 Å². The fraction of sp³-hybridized carbons (Fsp3) is 0.310. The Kier molecular flexibility index (Phi) is 10.9. The molecule has 0 radical (unpaired) electrons. The van der Waals surface area contributed by atoms with E-state index in [0.717, 1.165) is 12.1 Å². The zero-order valence-corrected chi connectivity index (χ0v) is 24.8. The predicted octanol–water partition coefficient (Wildman–Crippen LogP) is 5.51. The number of likely N-dealkylation sites (N-methyl/N-ethyl adjacent to an activating group) is 1. The molecule has 1 N–H and O–H groups in total. The molecule has 3 aromatic rings. The molecule has 0 saturated carbocycles. The Morgan fingerprint density at radius 3 is 2.29 bits per heavy atom. The van der Waals surface area contributed by atoms with Gasteiger partial charge in [0.25, 0.3) is 10.0 Å². The minimum Gasteiger partial charge on any atom is -0.497 e. The molecule has 0 aliphatic rings. The molecule has 13 heteroatoms. The fourth-order valence-corrected chi connectivity index (χ4v) is 5.96. The van der Waals surface area contributed by atoms with Gasteiger partial charge in [0, 0.05) is 13.1 Å². The number of nitrogens with zero attached hydrogens (tertiary/aromatic N) is 2. The van der Waals surface area contributed by atoms with Crippen molar-refractivity contribution in [3.8, 4) is 5.75 Å². The van der Waals surface area contributed by atoms with Gasteiger partial charge in [0.05, 0.1) is 28.3 Å². The Morgan fingerprint density at radius 2 is 1.69 bits per heavy atom. The van der Waals surface area contributed by atoms with E-state index in [1.54, 1.807) is 44.2 Å².